The lowest BCUT2D eigenvalue weighted by molar-refractivity contribution is -0.389. The number of nitrogens with zero attached hydrogens (tertiary/aromatic N) is 2. The van der Waals surface area contributed by atoms with E-state index in [9.17, 15) is 20.0 Å². The Morgan fingerprint density at radius 2 is 1.95 bits per heavy atom. The molecule has 1 unspecified atom stereocenters. The smallest absolute Gasteiger partial charge is 0.363 e. The summed E-state index contributed by atoms with van der Waals surface area (Å²) in [5.74, 6) is -1.34. The lowest BCUT2D eigenvalue weighted by Gasteiger charge is -2.15. The second kappa shape index (κ2) is 5.79. The zero-order valence-electron chi connectivity index (χ0n) is 10.3. The Hall–Kier alpha value is -2.96. The first-order valence-electron chi connectivity index (χ1n) is 5.72. The Balaban J connectivity index is 2.21. The van der Waals surface area contributed by atoms with Crippen LogP contribution in [0.2, 0.25) is 0 Å². The van der Waals surface area contributed by atoms with Crippen LogP contribution >= 0.6 is 0 Å². The molecule has 0 aliphatic heterocycles. The number of aromatic nitrogens is 1. The van der Waals surface area contributed by atoms with Crippen molar-refractivity contribution >= 4 is 17.5 Å². The molecule has 0 fully saturated rings. The van der Waals surface area contributed by atoms with Crippen molar-refractivity contribution in [1.82, 2.24) is 4.98 Å². The van der Waals surface area contributed by atoms with E-state index in [1.165, 1.54) is 18.3 Å². The number of carbonyl (C=O) groups is 1. The zero-order valence-corrected chi connectivity index (χ0v) is 10.3. The predicted octanol–water partition coefficient (Wildman–Crippen LogP) is 2.23. The van der Waals surface area contributed by atoms with Gasteiger partial charge >= 0.3 is 11.8 Å². The summed E-state index contributed by atoms with van der Waals surface area (Å²) in [5, 5.41) is 22.5. The maximum absolute atomic E-state index is 11.3. The fraction of sp³-hybridized carbons (Fsp3) is 0.0769. The SMILES string of the molecule is O=C(O)C(Nc1ccc([N+](=O)[O-])nc1)c1ccccc1. The Bertz CT molecular complexity index is 613. The van der Waals surface area contributed by atoms with Gasteiger partial charge in [0, 0.05) is 6.07 Å². The van der Waals surface area contributed by atoms with E-state index in [-0.39, 0.29) is 5.82 Å². The average Bonchev–Trinajstić information content (AvgIpc) is 2.46. The summed E-state index contributed by atoms with van der Waals surface area (Å²) in [6.45, 7) is 0. The Morgan fingerprint density at radius 3 is 2.45 bits per heavy atom. The molecule has 2 N–H and O–H groups in total. The van der Waals surface area contributed by atoms with Crippen molar-refractivity contribution in [1.29, 1.82) is 0 Å². The van der Waals surface area contributed by atoms with Crippen molar-refractivity contribution in [2.45, 2.75) is 6.04 Å². The molecule has 0 saturated carbocycles. The van der Waals surface area contributed by atoms with Crippen LogP contribution in [-0.4, -0.2) is 21.0 Å². The van der Waals surface area contributed by atoms with E-state index < -0.39 is 16.9 Å². The number of aliphatic carboxylic acids is 1. The quantitative estimate of drug-likeness (QED) is 0.639. The summed E-state index contributed by atoms with van der Waals surface area (Å²) >= 11 is 0. The Morgan fingerprint density at radius 1 is 1.25 bits per heavy atom. The second-order valence-corrected chi connectivity index (χ2v) is 3.99. The van der Waals surface area contributed by atoms with Gasteiger partial charge in [-0.15, -0.1) is 0 Å². The van der Waals surface area contributed by atoms with Gasteiger partial charge in [-0.2, -0.15) is 0 Å². The summed E-state index contributed by atoms with van der Waals surface area (Å²) in [6.07, 6.45) is 1.23. The lowest BCUT2D eigenvalue weighted by Crippen LogP contribution is -2.20. The van der Waals surface area contributed by atoms with Gasteiger partial charge in [0.15, 0.2) is 12.2 Å². The standard InChI is InChI=1S/C13H11N3O4/c17-13(18)12(9-4-2-1-3-5-9)15-10-6-7-11(14-8-10)16(19)20/h1-8,12,15H,(H,17,18). The van der Waals surface area contributed by atoms with Gasteiger partial charge in [0.05, 0.1) is 5.69 Å². The molecule has 0 radical (unpaired) electrons. The highest BCUT2D eigenvalue weighted by atomic mass is 16.6. The second-order valence-electron chi connectivity index (χ2n) is 3.99. The highest BCUT2D eigenvalue weighted by Crippen LogP contribution is 2.20. The average molecular weight is 273 g/mol. The number of hydrogen-bond acceptors (Lipinski definition) is 5. The van der Waals surface area contributed by atoms with Gasteiger partial charge in [-0.05, 0) is 21.5 Å². The lowest BCUT2D eigenvalue weighted by atomic mass is 10.1. The molecule has 0 saturated heterocycles. The molecule has 1 atom stereocenters. The van der Waals surface area contributed by atoms with Crippen molar-refractivity contribution in [2.75, 3.05) is 5.32 Å². The zero-order chi connectivity index (χ0) is 14.5. The highest BCUT2D eigenvalue weighted by molar-refractivity contribution is 5.79. The van der Waals surface area contributed by atoms with E-state index in [1.807, 2.05) is 0 Å². The summed E-state index contributed by atoms with van der Waals surface area (Å²) in [6, 6.07) is 10.3. The van der Waals surface area contributed by atoms with Crippen molar-refractivity contribution in [3.8, 4) is 0 Å². The molecule has 0 spiro atoms. The molecule has 0 bridgehead atoms. The monoisotopic (exact) mass is 273 g/mol. The maximum Gasteiger partial charge on any atom is 0.363 e. The molecular weight excluding hydrogens is 262 g/mol. The minimum absolute atomic E-state index is 0.290. The highest BCUT2D eigenvalue weighted by Gasteiger charge is 2.20. The number of carboxylic acids is 1. The van der Waals surface area contributed by atoms with Crippen LogP contribution < -0.4 is 5.32 Å². The maximum atomic E-state index is 11.3. The van der Waals surface area contributed by atoms with Crippen LogP contribution in [0.25, 0.3) is 0 Å². The molecule has 1 heterocycles. The molecule has 2 rings (SSSR count). The molecule has 7 nitrogen and oxygen atoms in total. The van der Waals surface area contributed by atoms with Crippen LogP contribution in [-0.2, 0) is 4.79 Å². The molecule has 1 aromatic heterocycles. The third kappa shape index (κ3) is 3.08. The van der Waals surface area contributed by atoms with Gasteiger partial charge in [0.1, 0.15) is 0 Å². The van der Waals surface area contributed by atoms with E-state index in [1.54, 1.807) is 30.3 Å². The molecular formula is C13H11N3O4. The first kappa shape index (κ1) is 13.5. The van der Waals surface area contributed by atoms with Crippen LogP contribution in [0, 0.1) is 10.1 Å². The predicted molar refractivity (Wildman–Crippen MR) is 71.3 cm³/mol. The molecule has 0 aliphatic carbocycles. The Kier molecular flexibility index (Phi) is 3.90. The number of hydrogen-bond donors (Lipinski definition) is 2. The third-order valence-electron chi connectivity index (χ3n) is 2.63. The van der Waals surface area contributed by atoms with Gasteiger partial charge in [0.25, 0.3) is 0 Å². The number of carboxylic acid groups (broad SMARTS) is 1. The van der Waals surface area contributed by atoms with Crippen molar-refractivity contribution in [3.05, 3.63) is 64.3 Å². The van der Waals surface area contributed by atoms with Gasteiger partial charge in [0.2, 0.25) is 0 Å². The van der Waals surface area contributed by atoms with E-state index in [4.69, 9.17) is 0 Å². The minimum atomic E-state index is -1.05. The van der Waals surface area contributed by atoms with E-state index in [0.717, 1.165) is 0 Å². The number of anilines is 1. The first-order chi connectivity index (χ1) is 9.58. The largest absolute Gasteiger partial charge is 0.479 e. The first-order valence-corrected chi connectivity index (χ1v) is 5.72. The summed E-state index contributed by atoms with van der Waals surface area (Å²) in [7, 11) is 0. The fourth-order valence-electron chi connectivity index (χ4n) is 1.68. The summed E-state index contributed by atoms with van der Waals surface area (Å²) in [4.78, 5) is 24.8. The Labute approximate surface area is 114 Å². The molecule has 1 aromatic carbocycles. The van der Waals surface area contributed by atoms with Crippen LogP contribution in [0.15, 0.2) is 48.7 Å². The van der Waals surface area contributed by atoms with Crippen LogP contribution in [0.4, 0.5) is 11.5 Å². The van der Waals surface area contributed by atoms with Gasteiger partial charge in [-0.3, -0.25) is 0 Å². The normalized spacial score (nSPS) is 11.6. The molecule has 20 heavy (non-hydrogen) atoms. The molecule has 2 aromatic rings. The number of rotatable bonds is 5. The van der Waals surface area contributed by atoms with Crippen LogP contribution in [0.5, 0.6) is 0 Å². The number of pyridine rings is 1. The summed E-state index contributed by atoms with van der Waals surface area (Å²) in [5.41, 5.74) is 0.977. The van der Waals surface area contributed by atoms with E-state index >= 15 is 0 Å². The number of nitro groups is 1. The topological polar surface area (TPSA) is 105 Å². The van der Waals surface area contributed by atoms with E-state index in [0.29, 0.717) is 11.3 Å². The molecule has 102 valence electrons. The van der Waals surface area contributed by atoms with Crippen LogP contribution in [0.3, 0.4) is 0 Å². The number of nitrogens with one attached hydrogen (secondary N) is 1. The molecule has 7 heteroatoms. The fourth-order valence-corrected chi connectivity index (χ4v) is 1.68. The van der Waals surface area contributed by atoms with Crippen molar-refractivity contribution in [2.24, 2.45) is 0 Å². The molecule has 0 amide bonds. The van der Waals surface area contributed by atoms with E-state index in [2.05, 4.69) is 10.3 Å². The van der Waals surface area contributed by atoms with Gasteiger partial charge in [-0.1, -0.05) is 30.3 Å². The third-order valence-corrected chi connectivity index (χ3v) is 2.63. The van der Waals surface area contributed by atoms with Crippen LogP contribution in [0.1, 0.15) is 11.6 Å². The van der Waals surface area contributed by atoms with Gasteiger partial charge < -0.3 is 20.5 Å². The van der Waals surface area contributed by atoms with Gasteiger partial charge in [-0.25, -0.2) is 4.79 Å². The summed E-state index contributed by atoms with van der Waals surface area (Å²) < 4.78 is 0. The number of benzene rings is 1. The minimum Gasteiger partial charge on any atom is -0.479 e. The molecule has 0 aliphatic rings. The van der Waals surface area contributed by atoms with Crippen molar-refractivity contribution < 1.29 is 14.8 Å². The van der Waals surface area contributed by atoms with Crippen molar-refractivity contribution in [3.63, 3.8) is 0 Å².